The van der Waals surface area contributed by atoms with Crippen LogP contribution in [0.1, 0.15) is 11.1 Å². The molecule has 6 heteroatoms. The number of halogens is 3. The molecule has 1 N–H and O–H groups in total. The van der Waals surface area contributed by atoms with E-state index in [1.165, 1.54) is 30.3 Å². The molecule has 2 aromatic rings. The van der Waals surface area contributed by atoms with Crippen LogP contribution in [0.5, 0.6) is 5.75 Å². The lowest BCUT2D eigenvalue weighted by Crippen LogP contribution is -2.20. The molecule has 0 aliphatic rings. The topological polar surface area (TPSA) is 38.3 Å². The second-order valence-corrected chi connectivity index (χ2v) is 4.63. The lowest BCUT2D eigenvalue weighted by Gasteiger charge is -2.06. The Kier molecular flexibility index (Phi) is 5.80. The largest absolute Gasteiger partial charge is 0.435 e. The van der Waals surface area contributed by atoms with E-state index in [-0.39, 0.29) is 24.0 Å². The van der Waals surface area contributed by atoms with E-state index in [1.807, 2.05) is 0 Å². The highest BCUT2D eigenvalue weighted by atomic mass is 19.3. The normalized spacial score (nSPS) is 11.0. The fraction of sp³-hybridized carbons (Fsp3) is 0.118. The summed E-state index contributed by atoms with van der Waals surface area (Å²) in [6, 6.07) is 11.7. The zero-order valence-corrected chi connectivity index (χ0v) is 12.0. The third kappa shape index (κ3) is 5.86. The highest BCUT2D eigenvalue weighted by molar-refractivity contribution is 5.91. The summed E-state index contributed by atoms with van der Waals surface area (Å²) in [6.07, 6.45) is 2.90. The summed E-state index contributed by atoms with van der Waals surface area (Å²) >= 11 is 0. The van der Waals surface area contributed by atoms with Gasteiger partial charge in [-0.25, -0.2) is 4.39 Å². The van der Waals surface area contributed by atoms with Gasteiger partial charge in [0.05, 0.1) is 0 Å². The highest BCUT2D eigenvalue weighted by Crippen LogP contribution is 2.14. The molecule has 0 fully saturated rings. The number of amides is 1. The minimum absolute atomic E-state index is 0.0614. The van der Waals surface area contributed by atoms with E-state index in [9.17, 15) is 18.0 Å². The Hall–Kier alpha value is -2.76. The lowest BCUT2D eigenvalue weighted by molar-refractivity contribution is -0.116. The van der Waals surface area contributed by atoms with Crippen LogP contribution < -0.4 is 10.1 Å². The molecule has 0 saturated heterocycles. The molecule has 0 bridgehead atoms. The van der Waals surface area contributed by atoms with Crippen molar-refractivity contribution >= 4 is 12.0 Å². The van der Waals surface area contributed by atoms with Gasteiger partial charge in [0.1, 0.15) is 11.6 Å². The zero-order valence-electron chi connectivity index (χ0n) is 12.0. The van der Waals surface area contributed by atoms with Crippen LogP contribution in [-0.4, -0.2) is 12.5 Å². The molecular weight excluding hydrogens is 307 g/mol. The van der Waals surface area contributed by atoms with Crippen LogP contribution in [0.25, 0.3) is 6.08 Å². The molecular formula is C17H14F3NO2. The first-order valence-corrected chi connectivity index (χ1v) is 6.78. The molecule has 0 atom stereocenters. The second-order valence-electron chi connectivity index (χ2n) is 4.63. The summed E-state index contributed by atoms with van der Waals surface area (Å²) in [5.74, 6) is -0.598. The first kappa shape index (κ1) is 16.6. The maximum absolute atomic E-state index is 12.7. The van der Waals surface area contributed by atoms with E-state index >= 15 is 0 Å². The number of benzene rings is 2. The summed E-state index contributed by atoms with van der Waals surface area (Å²) in [5, 5.41) is 2.65. The van der Waals surface area contributed by atoms with Crippen molar-refractivity contribution in [1.82, 2.24) is 5.32 Å². The van der Waals surface area contributed by atoms with E-state index in [4.69, 9.17) is 0 Å². The van der Waals surface area contributed by atoms with Crippen LogP contribution in [-0.2, 0) is 11.3 Å². The summed E-state index contributed by atoms with van der Waals surface area (Å²) in [5.41, 5.74) is 1.45. The van der Waals surface area contributed by atoms with Crippen LogP contribution in [0, 0.1) is 5.82 Å². The summed E-state index contributed by atoms with van der Waals surface area (Å²) in [6.45, 7) is -2.61. The van der Waals surface area contributed by atoms with Crippen molar-refractivity contribution in [1.29, 1.82) is 0 Å². The van der Waals surface area contributed by atoms with Gasteiger partial charge < -0.3 is 10.1 Å². The molecule has 0 saturated carbocycles. The van der Waals surface area contributed by atoms with Gasteiger partial charge in [-0.2, -0.15) is 8.78 Å². The van der Waals surface area contributed by atoms with Gasteiger partial charge in [0.25, 0.3) is 0 Å². The maximum Gasteiger partial charge on any atom is 0.387 e. The number of ether oxygens (including phenoxy) is 1. The quantitative estimate of drug-likeness (QED) is 0.823. The summed E-state index contributed by atoms with van der Waals surface area (Å²) in [4.78, 5) is 11.7. The van der Waals surface area contributed by atoms with Crippen molar-refractivity contribution in [3.63, 3.8) is 0 Å². The minimum atomic E-state index is -2.86. The van der Waals surface area contributed by atoms with E-state index in [1.54, 1.807) is 30.3 Å². The van der Waals surface area contributed by atoms with E-state index in [0.717, 1.165) is 5.56 Å². The molecule has 0 aliphatic carbocycles. The van der Waals surface area contributed by atoms with Crippen molar-refractivity contribution in [3.05, 3.63) is 71.6 Å². The number of carbonyl (C=O) groups is 1. The third-order valence-corrected chi connectivity index (χ3v) is 2.91. The van der Waals surface area contributed by atoms with Crippen molar-refractivity contribution in [2.24, 2.45) is 0 Å². The van der Waals surface area contributed by atoms with Crippen molar-refractivity contribution < 1.29 is 22.7 Å². The first-order chi connectivity index (χ1) is 11.0. The molecule has 0 aromatic heterocycles. The van der Waals surface area contributed by atoms with Crippen LogP contribution in [0.4, 0.5) is 13.2 Å². The summed E-state index contributed by atoms with van der Waals surface area (Å²) in [7, 11) is 0. The molecule has 3 nitrogen and oxygen atoms in total. The summed E-state index contributed by atoms with van der Waals surface area (Å²) < 4.78 is 41.0. The Labute approximate surface area is 131 Å². The zero-order chi connectivity index (χ0) is 16.7. The van der Waals surface area contributed by atoms with Crippen molar-refractivity contribution in [2.45, 2.75) is 13.2 Å². The smallest absolute Gasteiger partial charge is 0.387 e. The Morgan fingerprint density at radius 2 is 1.74 bits per heavy atom. The Balaban J connectivity index is 1.83. The SMILES string of the molecule is O=C(/C=C/c1ccc(F)cc1)NCc1ccc(OC(F)F)cc1. The molecule has 0 heterocycles. The first-order valence-electron chi connectivity index (χ1n) is 6.78. The van der Waals surface area contributed by atoms with Crippen LogP contribution in [0.3, 0.4) is 0 Å². The average Bonchev–Trinajstić information content (AvgIpc) is 2.53. The van der Waals surface area contributed by atoms with Crippen LogP contribution >= 0.6 is 0 Å². The molecule has 0 aliphatic heterocycles. The van der Waals surface area contributed by atoms with Gasteiger partial charge in [-0.1, -0.05) is 24.3 Å². The number of rotatable bonds is 6. The van der Waals surface area contributed by atoms with Gasteiger partial charge in [-0.15, -0.1) is 0 Å². The van der Waals surface area contributed by atoms with Crippen molar-refractivity contribution in [3.8, 4) is 5.75 Å². The van der Waals surface area contributed by atoms with E-state index in [2.05, 4.69) is 10.1 Å². The fourth-order valence-corrected chi connectivity index (χ4v) is 1.78. The van der Waals surface area contributed by atoms with E-state index < -0.39 is 6.61 Å². The number of alkyl halides is 2. The molecule has 2 rings (SSSR count). The number of carbonyl (C=O) groups excluding carboxylic acids is 1. The highest BCUT2D eigenvalue weighted by Gasteiger charge is 2.04. The van der Waals surface area contributed by atoms with Crippen molar-refractivity contribution in [2.75, 3.05) is 0 Å². The average molecular weight is 321 g/mol. The van der Waals surface area contributed by atoms with Crippen LogP contribution in [0.2, 0.25) is 0 Å². The minimum Gasteiger partial charge on any atom is -0.435 e. The third-order valence-electron chi connectivity index (χ3n) is 2.91. The lowest BCUT2D eigenvalue weighted by atomic mass is 10.2. The molecule has 0 unspecified atom stereocenters. The number of hydrogen-bond donors (Lipinski definition) is 1. The van der Waals surface area contributed by atoms with Gasteiger partial charge in [0.15, 0.2) is 0 Å². The number of nitrogens with one attached hydrogen (secondary N) is 1. The van der Waals surface area contributed by atoms with Gasteiger partial charge in [-0.3, -0.25) is 4.79 Å². The Morgan fingerprint density at radius 1 is 1.09 bits per heavy atom. The molecule has 120 valence electrons. The van der Waals surface area contributed by atoms with Crippen LogP contribution in [0.15, 0.2) is 54.6 Å². The fourth-order valence-electron chi connectivity index (χ4n) is 1.78. The van der Waals surface area contributed by atoms with Gasteiger partial charge in [0.2, 0.25) is 5.91 Å². The molecule has 0 spiro atoms. The standard InChI is InChI=1S/C17H14F3NO2/c18-14-6-1-12(2-7-14)5-10-16(22)21-11-13-3-8-15(9-4-13)23-17(19)20/h1-10,17H,11H2,(H,21,22)/b10-5+. The van der Waals surface area contributed by atoms with Gasteiger partial charge >= 0.3 is 6.61 Å². The maximum atomic E-state index is 12.7. The molecule has 23 heavy (non-hydrogen) atoms. The Morgan fingerprint density at radius 3 is 2.35 bits per heavy atom. The predicted octanol–water partition coefficient (Wildman–Crippen LogP) is 3.76. The van der Waals surface area contributed by atoms with E-state index in [0.29, 0.717) is 5.56 Å². The van der Waals surface area contributed by atoms with Gasteiger partial charge in [0, 0.05) is 12.6 Å². The monoisotopic (exact) mass is 321 g/mol. The molecule has 2 aromatic carbocycles. The van der Waals surface area contributed by atoms with Gasteiger partial charge in [-0.05, 0) is 41.5 Å². The molecule has 1 amide bonds. The second kappa shape index (κ2) is 8.03. The predicted molar refractivity (Wildman–Crippen MR) is 80.4 cm³/mol. The number of hydrogen-bond acceptors (Lipinski definition) is 2. The molecule has 0 radical (unpaired) electrons. The Bertz CT molecular complexity index is 667.